The van der Waals surface area contributed by atoms with E-state index in [0.717, 1.165) is 41.4 Å². The molecule has 0 unspecified atom stereocenters. The standard InChI is InChI=1S/C21H19ClN2/c1-14-8-10-15(11-9-14)12-20-18-6-3-7-19(18)23-21(24-20)16-4-2-5-17(22)13-16/h2,4-5,8-11,13H,3,6-7,12H2,1H3. The number of fused-ring (bicyclic) bond motifs is 1. The second-order valence-electron chi connectivity index (χ2n) is 6.45. The van der Waals surface area contributed by atoms with Gasteiger partial charge in [-0.1, -0.05) is 53.6 Å². The first-order chi connectivity index (χ1) is 11.7. The first-order valence-electron chi connectivity index (χ1n) is 8.39. The molecule has 0 radical (unpaired) electrons. The third-order valence-electron chi connectivity index (χ3n) is 4.59. The van der Waals surface area contributed by atoms with Gasteiger partial charge in [0.2, 0.25) is 0 Å². The van der Waals surface area contributed by atoms with Gasteiger partial charge < -0.3 is 0 Å². The first kappa shape index (κ1) is 15.3. The van der Waals surface area contributed by atoms with Crippen LogP contribution in [-0.2, 0) is 19.3 Å². The zero-order valence-electron chi connectivity index (χ0n) is 13.7. The molecule has 4 rings (SSSR count). The normalized spacial score (nSPS) is 13.1. The highest BCUT2D eigenvalue weighted by Gasteiger charge is 2.20. The average Bonchev–Trinajstić information content (AvgIpc) is 3.06. The van der Waals surface area contributed by atoms with Crippen molar-refractivity contribution in [3.05, 3.63) is 81.6 Å². The molecule has 3 heteroatoms. The van der Waals surface area contributed by atoms with E-state index in [4.69, 9.17) is 21.6 Å². The fraction of sp³-hybridized carbons (Fsp3) is 0.238. The van der Waals surface area contributed by atoms with Crippen LogP contribution >= 0.6 is 11.6 Å². The van der Waals surface area contributed by atoms with Gasteiger partial charge >= 0.3 is 0 Å². The summed E-state index contributed by atoms with van der Waals surface area (Å²) in [6.45, 7) is 2.11. The van der Waals surface area contributed by atoms with E-state index in [1.165, 1.54) is 28.8 Å². The molecule has 0 spiro atoms. The molecule has 1 heterocycles. The summed E-state index contributed by atoms with van der Waals surface area (Å²) in [5.74, 6) is 0.792. The Morgan fingerprint density at radius 3 is 2.62 bits per heavy atom. The molecular weight excluding hydrogens is 316 g/mol. The van der Waals surface area contributed by atoms with E-state index in [0.29, 0.717) is 0 Å². The fourth-order valence-corrected chi connectivity index (χ4v) is 3.50. The smallest absolute Gasteiger partial charge is 0.159 e. The highest BCUT2D eigenvalue weighted by molar-refractivity contribution is 6.30. The van der Waals surface area contributed by atoms with E-state index in [2.05, 4.69) is 31.2 Å². The average molecular weight is 335 g/mol. The van der Waals surface area contributed by atoms with Crippen molar-refractivity contribution in [1.29, 1.82) is 0 Å². The van der Waals surface area contributed by atoms with Gasteiger partial charge in [-0.2, -0.15) is 0 Å². The molecule has 2 aromatic carbocycles. The van der Waals surface area contributed by atoms with Crippen molar-refractivity contribution in [2.75, 3.05) is 0 Å². The summed E-state index contributed by atoms with van der Waals surface area (Å²) in [6.07, 6.45) is 4.17. The van der Waals surface area contributed by atoms with E-state index in [1.54, 1.807) is 0 Å². The summed E-state index contributed by atoms with van der Waals surface area (Å²) >= 11 is 6.14. The summed E-state index contributed by atoms with van der Waals surface area (Å²) in [6, 6.07) is 16.5. The van der Waals surface area contributed by atoms with E-state index in [9.17, 15) is 0 Å². The van der Waals surface area contributed by atoms with E-state index in [1.807, 2.05) is 24.3 Å². The van der Waals surface area contributed by atoms with Crippen LogP contribution in [0.5, 0.6) is 0 Å². The number of hydrogen-bond donors (Lipinski definition) is 0. The summed E-state index contributed by atoms with van der Waals surface area (Å²) < 4.78 is 0. The van der Waals surface area contributed by atoms with Gasteiger partial charge in [-0.3, -0.25) is 0 Å². The molecule has 120 valence electrons. The molecule has 3 aromatic rings. The fourth-order valence-electron chi connectivity index (χ4n) is 3.31. The Hall–Kier alpha value is -2.19. The summed E-state index contributed by atoms with van der Waals surface area (Å²) in [5, 5.41) is 0.719. The number of halogens is 1. The minimum absolute atomic E-state index is 0.719. The number of aryl methyl sites for hydroxylation is 2. The Morgan fingerprint density at radius 2 is 1.83 bits per heavy atom. The first-order valence-corrected chi connectivity index (χ1v) is 8.77. The lowest BCUT2D eigenvalue weighted by Gasteiger charge is -2.11. The van der Waals surface area contributed by atoms with Crippen LogP contribution in [0.1, 0.15) is 34.5 Å². The van der Waals surface area contributed by atoms with Crippen molar-refractivity contribution in [3.63, 3.8) is 0 Å². The van der Waals surface area contributed by atoms with Crippen LogP contribution in [0, 0.1) is 6.92 Å². The van der Waals surface area contributed by atoms with Crippen molar-refractivity contribution < 1.29 is 0 Å². The molecule has 24 heavy (non-hydrogen) atoms. The van der Waals surface area contributed by atoms with Crippen molar-refractivity contribution in [2.45, 2.75) is 32.6 Å². The molecule has 0 fully saturated rings. The zero-order chi connectivity index (χ0) is 16.5. The Balaban J connectivity index is 1.77. The Kier molecular flexibility index (Phi) is 4.07. The van der Waals surface area contributed by atoms with Gasteiger partial charge in [0.1, 0.15) is 0 Å². The van der Waals surface area contributed by atoms with Gasteiger partial charge in [-0.15, -0.1) is 0 Å². The zero-order valence-corrected chi connectivity index (χ0v) is 14.5. The van der Waals surface area contributed by atoms with Crippen LogP contribution in [-0.4, -0.2) is 9.97 Å². The molecule has 1 aliphatic rings. The highest BCUT2D eigenvalue weighted by atomic mass is 35.5. The lowest BCUT2D eigenvalue weighted by atomic mass is 10.0. The minimum atomic E-state index is 0.719. The van der Waals surface area contributed by atoms with Crippen LogP contribution in [0.3, 0.4) is 0 Å². The van der Waals surface area contributed by atoms with Gasteiger partial charge in [0.05, 0.1) is 5.69 Å². The second-order valence-corrected chi connectivity index (χ2v) is 6.88. The van der Waals surface area contributed by atoms with Crippen LogP contribution < -0.4 is 0 Å². The maximum absolute atomic E-state index is 6.14. The number of benzene rings is 2. The second kappa shape index (κ2) is 6.37. The molecule has 1 aliphatic carbocycles. The van der Waals surface area contributed by atoms with Gasteiger partial charge in [-0.05, 0) is 49.4 Å². The van der Waals surface area contributed by atoms with Crippen LogP contribution in [0.15, 0.2) is 48.5 Å². The maximum atomic E-state index is 6.14. The van der Waals surface area contributed by atoms with Gasteiger partial charge in [-0.25, -0.2) is 9.97 Å². The van der Waals surface area contributed by atoms with E-state index < -0.39 is 0 Å². The third kappa shape index (κ3) is 3.07. The lowest BCUT2D eigenvalue weighted by molar-refractivity contribution is 0.897. The van der Waals surface area contributed by atoms with E-state index in [-0.39, 0.29) is 0 Å². The number of hydrogen-bond acceptors (Lipinski definition) is 2. The Labute approximate surface area is 147 Å². The van der Waals surface area contributed by atoms with Crippen LogP contribution in [0.25, 0.3) is 11.4 Å². The Morgan fingerprint density at radius 1 is 1.00 bits per heavy atom. The summed E-state index contributed by atoms with van der Waals surface area (Å²) in [5.41, 5.74) is 7.29. The van der Waals surface area contributed by atoms with Crippen molar-refractivity contribution in [3.8, 4) is 11.4 Å². The maximum Gasteiger partial charge on any atom is 0.159 e. The molecule has 2 nitrogen and oxygen atoms in total. The third-order valence-corrected chi connectivity index (χ3v) is 4.83. The van der Waals surface area contributed by atoms with Gasteiger partial charge in [0.15, 0.2) is 5.82 Å². The monoisotopic (exact) mass is 334 g/mol. The SMILES string of the molecule is Cc1ccc(Cc2nc(-c3cccc(Cl)c3)nc3c2CCC3)cc1. The van der Waals surface area contributed by atoms with Crippen molar-refractivity contribution >= 4 is 11.6 Å². The van der Waals surface area contributed by atoms with Crippen LogP contribution in [0.2, 0.25) is 5.02 Å². The molecule has 0 amide bonds. The Bertz CT molecular complexity index is 885. The van der Waals surface area contributed by atoms with Crippen molar-refractivity contribution in [1.82, 2.24) is 9.97 Å². The lowest BCUT2D eigenvalue weighted by Crippen LogP contribution is -2.04. The van der Waals surface area contributed by atoms with Crippen molar-refractivity contribution in [2.24, 2.45) is 0 Å². The molecule has 0 atom stereocenters. The van der Waals surface area contributed by atoms with E-state index >= 15 is 0 Å². The predicted octanol–water partition coefficient (Wildman–Crippen LogP) is 5.18. The molecule has 0 N–H and O–H groups in total. The molecule has 0 saturated carbocycles. The largest absolute Gasteiger partial charge is 0.233 e. The molecular formula is C21H19ClN2. The molecule has 0 saturated heterocycles. The highest BCUT2D eigenvalue weighted by Crippen LogP contribution is 2.28. The molecule has 0 aliphatic heterocycles. The van der Waals surface area contributed by atoms with Gasteiger partial charge in [0.25, 0.3) is 0 Å². The molecule has 1 aromatic heterocycles. The number of aromatic nitrogens is 2. The topological polar surface area (TPSA) is 25.8 Å². The van der Waals surface area contributed by atoms with Gasteiger partial charge in [0, 0.05) is 22.7 Å². The van der Waals surface area contributed by atoms with Crippen LogP contribution in [0.4, 0.5) is 0 Å². The number of nitrogens with zero attached hydrogens (tertiary/aromatic N) is 2. The predicted molar refractivity (Wildman–Crippen MR) is 98.5 cm³/mol. The summed E-state index contributed by atoms with van der Waals surface area (Å²) in [4.78, 5) is 9.71. The molecule has 0 bridgehead atoms. The quantitative estimate of drug-likeness (QED) is 0.659. The summed E-state index contributed by atoms with van der Waals surface area (Å²) in [7, 11) is 0. The number of rotatable bonds is 3. The minimum Gasteiger partial charge on any atom is -0.233 e.